The van der Waals surface area contributed by atoms with E-state index in [0.29, 0.717) is 43.2 Å². The summed E-state index contributed by atoms with van der Waals surface area (Å²) < 4.78 is 23.2. The maximum atomic E-state index is 13.6. The summed E-state index contributed by atoms with van der Waals surface area (Å²) in [7, 11) is -1.22. The van der Waals surface area contributed by atoms with E-state index in [9.17, 15) is 29.4 Å². The third-order valence-electron chi connectivity index (χ3n) is 16.8. The zero-order chi connectivity index (χ0) is 62.1. The van der Waals surface area contributed by atoms with Crippen molar-refractivity contribution in [2.45, 2.75) is 159 Å². The topological polar surface area (TPSA) is 146 Å². The molecule has 8 atom stereocenters. The number of allylic oxidation sites excluding steroid dienone is 2. The minimum absolute atomic E-state index is 0. The van der Waals surface area contributed by atoms with Crippen LogP contribution in [0.4, 0.5) is 0 Å². The molecule has 2 aliphatic carbocycles. The summed E-state index contributed by atoms with van der Waals surface area (Å²) in [6, 6.07) is 29.9. The Morgan fingerprint density at radius 1 is 0.635 bits per heavy atom. The van der Waals surface area contributed by atoms with Crippen molar-refractivity contribution in [2.24, 2.45) is 23.7 Å². The normalized spacial score (nSPS) is 20.0. The predicted molar refractivity (Wildman–Crippen MR) is 373 cm³/mol. The molecule has 4 aromatic carbocycles. The summed E-state index contributed by atoms with van der Waals surface area (Å²) in [6.07, 6.45) is 13.7. The van der Waals surface area contributed by atoms with E-state index in [1.165, 1.54) is 58.7 Å². The number of methoxy groups -OCH3 is 2. The Bertz CT molecular complexity index is 2740. The number of carbonyl (C=O) groups is 4. The molecule has 2 fully saturated rings. The standard InChI is InChI=1S/C39H62O5S2Si2.C27H34O5S2.C2H4.CH4/c1-38(2,3)47(8,9)43-27-32-26-35(40)37(46-24-14-23-45-28-36(41)42-7)34(32)22-21-33(44-48(10,11)39(4,5)6)20-18-29-17-19-30-15-12-13-16-31(30)25-29;1-32-26(31)18-33-13-4-14-34-27-24(22(17-28)16-25(27)30)12-11-23(29)10-8-19-7-9-20-5-2-3-6-21(20)15-19;1-2;/h12-13,15-17,19,21-22,25,32-34,37H,14,18,20,23-24,26-28H2,1-11H3;2-3,5-7,9,11-12,15,22-24,27-29H,4,8,10,13-14,16-18H2,1H3;1-2H2;1H4/b22-21+;12-11+;;/t32-,33?,34-,37+;22-,23?,24-,27+;;/m00../s1. The Kier molecular flexibility index (Phi) is 33.5. The van der Waals surface area contributed by atoms with Gasteiger partial charge in [0.2, 0.25) is 0 Å². The second-order valence-electron chi connectivity index (χ2n) is 25.0. The lowest BCUT2D eigenvalue weighted by Crippen LogP contribution is -2.43. The molecule has 0 aliphatic heterocycles. The Hall–Kier alpha value is -3.43. The Morgan fingerprint density at radius 3 is 1.53 bits per heavy atom. The van der Waals surface area contributed by atoms with Gasteiger partial charge in [0.05, 0.1) is 48.4 Å². The van der Waals surface area contributed by atoms with Crippen molar-refractivity contribution in [2.75, 3.05) is 62.0 Å². The zero-order valence-electron chi connectivity index (χ0n) is 52.5. The Labute approximate surface area is 531 Å². The molecule has 0 aromatic heterocycles. The predicted octanol–water partition coefficient (Wildman–Crippen LogP) is 16.1. The minimum atomic E-state index is -2.06. The van der Waals surface area contributed by atoms with Gasteiger partial charge in [0.1, 0.15) is 11.6 Å². The lowest BCUT2D eigenvalue weighted by molar-refractivity contribution is -0.138. The lowest BCUT2D eigenvalue weighted by Gasteiger charge is -2.39. The van der Waals surface area contributed by atoms with Gasteiger partial charge in [-0.05, 0) is 142 Å². The largest absolute Gasteiger partial charge is 0.468 e. The molecule has 0 heterocycles. The molecule has 0 radical (unpaired) electrons. The van der Waals surface area contributed by atoms with Gasteiger partial charge in [0, 0.05) is 37.9 Å². The fourth-order valence-electron chi connectivity index (χ4n) is 9.70. The number of hydrogen-bond donors (Lipinski definition) is 2. The highest BCUT2D eigenvalue weighted by Gasteiger charge is 2.45. The average Bonchev–Trinajstić information content (AvgIpc) is 2.92. The van der Waals surface area contributed by atoms with Gasteiger partial charge in [-0.3, -0.25) is 19.2 Å². The lowest BCUT2D eigenvalue weighted by atomic mass is 9.95. The number of hydrogen-bond acceptors (Lipinski definition) is 14. The number of ketones is 2. The van der Waals surface area contributed by atoms with E-state index in [1.807, 2.05) is 18.2 Å². The van der Waals surface area contributed by atoms with Crippen LogP contribution in [0.3, 0.4) is 0 Å². The molecule has 2 N–H and O–H groups in total. The van der Waals surface area contributed by atoms with Crippen molar-refractivity contribution >= 4 is 109 Å². The molecule has 10 nitrogen and oxygen atoms in total. The van der Waals surface area contributed by atoms with Crippen LogP contribution in [0, 0.1) is 23.7 Å². The number of thioether (sulfide) groups is 4. The Morgan fingerprint density at radius 2 is 1.07 bits per heavy atom. The molecule has 16 heteroatoms. The first kappa shape index (κ1) is 75.8. The molecule has 472 valence electrons. The van der Waals surface area contributed by atoms with Crippen LogP contribution in [0.25, 0.3) is 21.5 Å². The smallest absolute Gasteiger partial charge is 0.315 e. The van der Waals surface area contributed by atoms with Gasteiger partial charge in [0.25, 0.3) is 0 Å². The quantitative estimate of drug-likeness (QED) is 0.0221. The maximum Gasteiger partial charge on any atom is 0.315 e. The Balaban J connectivity index is 0.000000450. The molecule has 0 bridgehead atoms. The van der Waals surface area contributed by atoms with Crippen molar-refractivity contribution in [3.63, 3.8) is 0 Å². The van der Waals surface area contributed by atoms with E-state index in [0.717, 1.165) is 55.1 Å². The molecule has 4 aromatic rings. The highest BCUT2D eigenvalue weighted by molar-refractivity contribution is 8.01. The van der Waals surface area contributed by atoms with Gasteiger partial charge in [-0.15, -0.1) is 36.7 Å². The first-order valence-electron chi connectivity index (χ1n) is 29.9. The molecule has 2 saturated carbocycles. The second-order valence-corrected chi connectivity index (χ2v) is 39.3. The van der Waals surface area contributed by atoms with Gasteiger partial charge in [0.15, 0.2) is 16.6 Å². The first-order chi connectivity index (χ1) is 39.9. The number of carbonyl (C=O) groups excluding carboxylic acids is 4. The van der Waals surface area contributed by atoms with Crippen molar-refractivity contribution in [1.82, 2.24) is 0 Å². The van der Waals surface area contributed by atoms with Crippen LogP contribution in [0.15, 0.2) is 122 Å². The molecule has 85 heavy (non-hydrogen) atoms. The first-order valence-corrected chi connectivity index (χ1v) is 40.1. The van der Waals surface area contributed by atoms with E-state index < -0.39 is 22.7 Å². The summed E-state index contributed by atoms with van der Waals surface area (Å²) in [5.41, 5.74) is 2.51. The SMILES string of the molecule is C.C=C.COC(=O)CSCCCS[C@H]1C(=O)C[C@@H](CO)[C@@H]1/C=C/C(O)CCc1ccc2ccccc2c1.COC(=O)CSCCCS[C@H]1C(=O)C[C@@H](CO[Si](C)(C)C(C)(C)C)[C@@H]1/C=C/C(CCc1ccc2ccccc2c1)O[Si](C)(C)C(C)(C)C. The highest BCUT2D eigenvalue weighted by Crippen LogP contribution is 2.44. The summed E-state index contributed by atoms with van der Waals surface area (Å²) in [6.45, 7) is 29.5. The van der Waals surface area contributed by atoms with E-state index in [-0.39, 0.29) is 82.1 Å². The molecule has 6 rings (SSSR count). The molecule has 2 aliphatic rings. The van der Waals surface area contributed by atoms with E-state index in [1.54, 1.807) is 41.4 Å². The number of ether oxygens (including phenoxy) is 2. The maximum absolute atomic E-state index is 13.6. The van der Waals surface area contributed by atoms with Crippen molar-refractivity contribution in [3.05, 3.63) is 134 Å². The van der Waals surface area contributed by atoms with Gasteiger partial charge in [-0.1, -0.05) is 158 Å². The third kappa shape index (κ3) is 24.8. The molecule has 2 unspecified atom stereocenters. The summed E-state index contributed by atoms with van der Waals surface area (Å²) in [4.78, 5) is 48.8. The molecule has 0 saturated heterocycles. The average molecular weight is 1280 g/mol. The van der Waals surface area contributed by atoms with E-state index in [2.05, 4.69) is 171 Å². The number of aliphatic hydroxyl groups is 2. The van der Waals surface area contributed by atoms with E-state index >= 15 is 0 Å². The van der Waals surface area contributed by atoms with Crippen molar-refractivity contribution in [1.29, 1.82) is 0 Å². The number of aliphatic hydroxyl groups excluding tert-OH is 2. The van der Waals surface area contributed by atoms with Crippen LogP contribution in [0.5, 0.6) is 0 Å². The zero-order valence-corrected chi connectivity index (χ0v) is 57.8. The summed E-state index contributed by atoms with van der Waals surface area (Å²) in [5, 5.41) is 25.2. The number of aryl methyl sites for hydroxylation is 2. The van der Waals surface area contributed by atoms with Crippen LogP contribution in [0.1, 0.15) is 98.6 Å². The van der Waals surface area contributed by atoms with Crippen LogP contribution in [-0.2, 0) is 50.3 Å². The molecule has 0 spiro atoms. The number of benzene rings is 4. The summed E-state index contributed by atoms with van der Waals surface area (Å²) >= 11 is 6.53. The molecular weight excluding hydrogens is 1170 g/mol. The van der Waals surface area contributed by atoms with Gasteiger partial charge < -0.3 is 28.5 Å². The monoisotopic (exact) mass is 1280 g/mol. The molecular formula is C69H104O10S4Si2. The number of fused-ring (bicyclic) bond motifs is 2. The van der Waals surface area contributed by atoms with Crippen LogP contribution in [-0.4, -0.2) is 135 Å². The van der Waals surface area contributed by atoms with Crippen LogP contribution in [0.2, 0.25) is 36.3 Å². The third-order valence-corrected chi connectivity index (χ3v) is 30.8. The fraction of sp³-hybridized carbons (Fsp3) is 0.565. The van der Waals surface area contributed by atoms with E-state index in [4.69, 9.17) is 13.6 Å². The van der Waals surface area contributed by atoms with Gasteiger partial charge in [-0.2, -0.15) is 23.5 Å². The minimum Gasteiger partial charge on any atom is -0.468 e. The molecule has 0 amide bonds. The number of esters is 2. The van der Waals surface area contributed by atoms with Gasteiger partial charge >= 0.3 is 11.9 Å². The van der Waals surface area contributed by atoms with Gasteiger partial charge in [-0.25, -0.2) is 0 Å². The van der Waals surface area contributed by atoms with Crippen molar-refractivity contribution < 1.29 is 47.7 Å². The summed E-state index contributed by atoms with van der Waals surface area (Å²) in [5.74, 6) is 4.31. The second kappa shape index (κ2) is 37.5. The number of Topliss-reactive ketones (excluding diaryl/α,β-unsaturated/α-hetero) is 2. The fourth-order valence-corrected chi connectivity index (χ4v) is 16.8. The van der Waals surface area contributed by atoms with Crippen molar-refractivity contribution in [3.8, 4) is 0 Å². The highest BCUT2D eigenvalue weighted by atomic mass is 32.2. The van der Waals surface area contributed by atoms with Crippen LogP contribution < -0.4 is 0 Å². The number of rotatable bonds is 30. The van der Waals surface area contributed by atoms with Crippen LogP contribution >= 0.6 is 47.0 Å².